The van der Waals surface area contributed by atoms with Gasteiger partial charge in [-0.1, -0.05) is 13.8 Å². The third-order valence-corrected chi connectivity index (χ3v) is 0.808. The molecule has 0 aromatic heterocycles. The maximum absolute atomic E-state index is 10.5. The van der Waals surface area contributed by atoms with Crippen LogP contribution in [-0.2, 0) is 4.79 Å². The van der Waals surface area contributed by atoms with Crippen molar-refractivity contribution in [1.82, 2.24) is 0 Å². The number of hydrogen-bond acceptors (Lipinski definition) is 2. The summed E-state index contributed by atoms with van der Waals surface area (Å²) in [5.74, 6) is -0.0640. The summed E-state index contributed by atoms with van der Waals surface area (Å²) in [5.41, 5.74) is 0. The second-order valence-corrected chi connectivity index (χ2v) is 1.87. The van der Waals surface area contributed by atoms with Gasteiger partial charge in [0.15, 0.2) is 5.78 Å². The highest BCUT2D eigenvalue weighted by Gasteiger charge is 1.99. The summed E-state index contributed by atoms with van der Waals surface area (Å²) in [6, 6.07) is 0. The zero-order valence-corrected chi connectivity index (χ0v) is 5.09. The van der Waals surface area contributed by atoms with Gasteiger partial charge in [-0.15, -0.1) is 0 Å². The van der Waals surface area contributed by atoms with Gasteiger partial charge in [0, 0.05) is 12.0 Å². The van der Waals surface area contributed by atoms with Crippen molar-refractivity contribution in [2.75, 3.05) is 0 Å². The largest absolute Gasteiger partial charge is 0.515 e. The van der Waals surface area contributed by atoms with Crippen LogP contribution in [-0.4, -0.2) is 10.9 Å². The molecule has 0 fully saturated rings. The third kappa shape index (κ3) is 2.39. The number of carbonyl (C=O) groups is 1. The molecule has 1 N–H and O–H groups in total. The maximum atomic E-state index is 10.5. The van der Waals surface area contributed by atoms with Crippen molar-refractivity contribution in [3.63, 3.8) is 0 Å². The molecule has 0 rings (SSSR count). The predicted molar refractivity (Wildman–Crippen MR) is 31.6 cm³/mol. The summed E-state index contributed by atoms with van der Waals surface area (Å²) in [4.78, 5) is 10.5. The van der Waals surface area contributed by atoms with Gasteiger partial charge < -0.3 is 5.11 Å². The topological polar surface area (TPSA) is 37.3 Å². The van der Waals surface area contributed by atoms with Crippen LogP contribution in [0.25, 0.3) is 0 Å². The van der Waals surface area contributed by atoms with Gasteiger partial charge >= 0.3 is 0 Å². The molecule has 0 aromatic carbocycles. The first-order valence-corrected chi connectivity index (χ1v) is 2.53. The first-order chi connectivity index (χ1) is 3.68. The quantitative estimate of drug-likeness (QED) is 0.433. The minimum Gasteiger partial charge on any atom is -0.515 e. The number of allylic oxidation sites excluding steroid dienone is 1. The Morgan fingerprint density at radius 3 is 2.25 bits per heavy atom. The lowest BCUT2D eigenvalue weighted by molar-refractivity contribution is -0.117. The van der Waals surface area contributed by atoms with Gasteiger partial charge in [-0.25, -0.2) is 0 Å². The van der Waals surface area contributed by atoms with Crippen molar-refractivity contribution < 1.29 is 9.90 Å². The van der Waals surface area contributed by atoms with Crippen molar-refractivity contribution in [1.29, 1.82) is 0 Å². The average Bonchev–Trinajstić information content (AvgIpc) is 1.67. The Kier molecular flexibility index (Phi) is 2.92. The van der Waals surface area contributed by atoms with Gasteiger partial charge in [0.25, 0.3) is 0 Å². The second-order valence-electron chi connectivity index (χ2n) is 1.87. The number of hydrogen-bond donors (Lipinski definition) is 1. The number of aliphatic hydroxyl groups is 1. The molecule has 0 aliphatic heterocycles. The molecule has 0 amide bonds. The molecular weight excluding hydrogens is 104 g/mol. The molecule has 0 spiro atoms. The first-order valence-electron chi connectivity index (χ1n) is 2.53. The molecule has 0 aromatic rings. The molecule has 2 heteroatoms. The van der Waals surface area contributed by atoms with Gasteiger partial charge in [0.05, 0.1) is 6.26 Å². The molecule has 0 aliphatic rings. The van der Waals surface area contributed by atoms with Gasteiger partial charge in [0.2, 0.25) is 0 Å². The fourth-order valence-corrected chi connectivity index (χ4v) is 0.266. The second kappa shape index (κ2) is 3.24. The Labute approximate surface area is 48.8 Å². The lowest BCUT2D eigenvalue weighted by Crippen LogP contribution is -2.01. The fourth-order valence-electron chi connectivity index (χ4n) is 0.266. The van der Waals surface area contributed by atoms with Crippen LogP contribution in [0.15, 0.2) is 12.3 Å². The van der Waals surface area contributed by atoms with E-state index in [1.54, 1.807) is 13.8 Å². The standard InChI is InChI=1S/C6H10O2/c1-5(2)6(8)3-4-7/h3-5,7H,1-2H3/b4-3-. The van der Waals surface area contributed by atoms with Crippen LogP contribution >= 0.6 is 0 Å². The summed E-state index contributed by atoms with van der Waals surface area (Å²) < 4.78 is 0. The SMILES string of the molecule is CC(C)C(=O)/C=C\O. The van der Waals surface area contributed by atoms with Crippen LogP contribution in [0.3, 0.4) is 0 Å². The molecule has 0 bridgehead atoms. The van der Waals surface area contributed by atoms with E-state index < -0.39 is 0 Å². The van der Waals surface area contributed by atoms with E-state index in [9.17, 15) is 4.79 Å². The summed E-state index contributed by atoms with van der Waals surface area (Å²) in [5, 5.41) is 8.08. The molecule has 8 heavy (non-hydrogen) atoms. The summed E-state index contributed by atoms with van der Waals surface area (Å²) in [6.07, 6.45) is 1.92. The number of ketones is 1. The number of aliphatic hydroxyl groups excluding tert-OH is 1. The molecule has 0 saturated carbocycles. The van der Waals surface area contributed by atoms with Crippen molar-refractivity contribution in [3.05, 3.63) is 12.3 Å². The van der Waals surface area contributed by atoms with Crippen LogP contribution in [0, 0.1) is 5.92 Å². The number of carbonyl (C=O) groups excluding carboxylic acids is 1. The highest BCUT2D eigenvalue weighted by atomic mass is 16.2. The molecule has 46 valence electrons. The fraction of sp³-hybridized carbons (Fsp3) is 0.500. The van der Waals surface area contributed by atoms with Gasteiger partial charge in [-0.2, -0.15) is 0 Å². The van der Waals surface area contributed by atoms with Crippen LogP contribution in [0.4, 0.5) is 0 Å². The highest BCUT2D eigenvalue weighted by molar-refractivity contribution is 5.90. The molecule has 2 nitrogen and oxygen atoms in total. The van der Waals surface area contributed by atoms with Crippen molar-refractivity contribution in [2.24, 2.45) is 5.92 Å². The lowest BCUT2D eigenvalue weighted by atomic mass is 10.1. The Bertz CT molecular complexity index is 103. The Morgan fingerprint density at radius 1 is 1.62 bits per heavy atom. The zero-order chi connectivity index (χ0) is 6.57. The first kappa shape index (κ1) is 7.21. The van der Waals surface area contributed by atoms with Gasteiger partial charge in [-0.05, 0) is 0 Å². The van der Waals surface area contributed by atoms with Crippen molar-refractivity contribution in [3.8, 4) is 0 Å². The Hall–Kier alpha value is -0.790. The van der Waals surface area contributed by atoms with E-state index in [1.807, 2.05) is 0 Å². The van der Waals surface area contributed by atoms with Crippen LogP contribution in [0.5, 0.6) is 0 Å². The van der Waals surface area contributed by atoms with Crippen molar-refractivity contribution >= 4 is 5.78 Å². The normalized spacial score (nSPS) is 10.9. The molecule has 0 heterocycles. The van der Waals surface area contributed by atoms with Crippen LogP contribution in [0.2, 0.25) is 0 Å². The van der Waals surface area contributed by atoms with Crippen molar-refractivity contribution in [2.45, 2.75) is 13.8 Å². The van der Waals surface area contributed by atoms with E-state index in [0.29, 0.717) is 0 Å². The van der Waals surface area contributed by atoms with E-state index in [4.69, 9.17) is 5.11 Å². The minimum atomic E-state index is -0.0486. The van der Waals surface area contributed by atoms with Gasteiger partial charge in [-0.3, -0.25) is 4.79 Å². The zero-order valence-electron chi connectivity index (χ0n) is 5.09. The van der Waals surface area contributed by atoms with E-state index in [1.165, 1.54) is 0 Å². The van der Waals surface area contributed by atoms with Crippen LogP contribution in [0.1, 0.15) is 13.8 Å². The van der Waals surface area contributed by atoms with E-state index in [2.05, 4.69) is 0 Å². The van der Waals surface area contributed by atoms with E-state index in [-0.39, 0.29) is 11.7 Å². The molecule has 0 atom stereocenters. The van der Waals surface area contributed by atoms with Crippen LogP contribution < -0.4 is 0 Å². The predicted octanol–water partition coefficient (Wildman–Crippen LogP) is 1.28. The summed E-state index contributed by atoms with van der Waals surface area (Å²) in [7, 11) is 0. The lowest BCUT2D eigenvalue weighted by Gasteiger charge is -1.93. The molecule has 0 unspecified atom stereocenters. The number of rotatable bonds is 2. The summed E-state index contributed by atoms with van der Waals surface area (Å²) >= 11 is 0. The molecule has 0 radical (unpaired) electrons. The van der Waals surface area contributed by atoms with E-state index in [0.717, 1.165) is 12.3 Å². The third-order valence-electron chi connectivity index (χ3n) is 0.808. The molecular formula is C6H10O2. The monoisotopic (exact) mass is 114 g/mol. The Balaban J connectivity index is 3.66. The molecule has 0 saturated heterocycles. The van der Waals surface area contributed by atoms with Gasteiger partial charge in [0.1, 0.15) is 0 Å². The smallest absolute Gasteiger partial charge is 0.161 e. The maximum Gasteiger partial charge on any atom is 0.161 e. The minimum absolute atomic E-state index is 0.0154. The summed E-state index contributed by atoms with van der Waals surface area (Å²) in [6.45, 7) is 3.56. The van der Waals surface area contributed by atoms with E-state index >= 15 is 0 Å². The molecule has 0 aliphatic carbocycles. The highest BCUT2D eigenvalue weighted by Crippen LogP contribution is 1.93. The average molecular weight is 114 g/mol. The Morgan fingerprint density at radius 2 is 2.12 bits per heavy atom.